The summed E-state index contributed by atoms with van der Waals surface area (Å²) >= 11 is 6.12. The third kappa shape index (κ3) is 4.51. The molecule has 3 aromatic rings. The molecule has 138 valence electrons. The van der Waals surface area contributed by atoms with Gasteiger partial charge in [0.05, 0.1) is 18.8 Å². The molecule has 0 amide bonds. The van der Waals surface area contributed by atoms with Crippen LogP contribution in [0.5, 0.6) is 0 Å². The minimum absolute atomic E-state index is 0.612. The van der Waals surface area contributed by atoms with Gasteiger partial charge in [-0.15, -0.1) is 0 Å². The van der Waals surface area contributed by atoms with Crippen LogP contribution in [0.3, 0.4) is 0 Å². The van der Waals surface area contributed by atoms with Crippen molar-refractivity contribution in [3.05, 3.63) is 63.5 Å². The Labute approximate surface area is 158 Å². The van der Waals surface area contributed by atoms with Crippen molar-refractivity contribution in [1.29, 1.82) is 0 Å². The Hall–Kier alpha value is -2.18. The first-order chi connectivity index (χ1) is 12.6. The van der Waals surface area contributed by atoms with Crippen molar-refractivity contribution in [2.24, 2.45) is 0 Å². The number of nitrogens with one attached hydrogen (secondary N) is 1. The summed E-state index contributed by atoms with van der Waals surface area (Å²) in [6.45, 7) is 5.34. The van der Waals surface area contributed by atoms with Gasteiger partial charge in [0.15, 0.2) is 5.82 Å². The SMILES string of the molecule is COCCc1nc(CCc2c(C)n[nH]c2C)n(Cc2cccc(Cl)c2)n1. The molecule has 0 spiro atoms. The van der Waals surface area contributed by atoms with Gasteiger partial charge in [-0.2, -0.15) is 10.2 Å². The van der Waals surface area contributed by atoms with Crippen LogP contribution in [0.15, 0.2) is 24.3 Å². The maximum Gasteiger partial charge on any atom is 0.153 e. The predicted molar refractivity (Wildman–Crippen MR) is 102 cm³/mol. The van der Waals surface area contributed by atoms with Crippen molar-refractivity contribution >= 4 is 11.6 Å². The maximum absolute atomic E-state index is 6.12. The fourth-order valence-corrected chi connectivity index (χ4v) is 3.24. The normalized spacial score (nSPS) is 11.2. The van der Waals surface area contributed by atoms with Gasteiger partial charge in [0.1, 0.15) is 5.82 Å². The van der Waals surface area contributed by atoms with Crippen LogP contribution in [0, 0.1) is 13.8 Å². The zero-order valence-electron chi connectivity index (χ0n) is 15.4. The Morgan fingerprint density at radius 1 is 1.19 bits per heavy atom. The van der Waals surface area contributed by atoms with Crippen molar-refractivity contribution in [3.63, 3.8) is 0 Å². The lowest BCUT2D eigenvalue weighted by Gasteiger charge is -2.07. The predicted octanol–water partition coefficient (Wildman–Crippen LogP) is 3.29. The average molecular weight is 374 g/mol. The van der Waals surface area contributed by atoms with Gasteiger partial charge in [-0.05, 0) is 43.5 Å². The molecule has 0 atom stereocenters. The average Bonchev–Trinajstić information content (AvgIpc) is 3.14. The summed E-state index contributed by atoms with van der Waals surface area (Å²) < 4.78 is 7.13. The number of hydrogen-bond donors (Lipinski definition) is 1. The number of rotatable bonds is 8. The van der Waals surface area contributed by atoms with Gasteiger partial charge in [-0.25, -0.2) is 9.67 Å². The Balaban J connectivity index is 1.80. The summed E-state index contributed by atoms with van der Waals surface area (Å²) in [5.74, 6) is 1.78. The summed E-state index contributed by atoms with van der Waals surface area (Å²) in [5.41, 5.74) is 4.52. The van der Waals surface area contributed by atoms with E-state index in [1.807, 2.05) is 29.8 Å². The van der Waals surface area contributed by atoms with E-state index >= 15 is 0 Å². The quantitative estimate of drug-likeness (QED) is 0.657. The Morgan fingerprint density at radius 2 is 2.04 bits per heavy atom. The monoisotopic (exact) mass is 373 g/mol. The zero-order valence-corrected chi connectivity index (χ0v) is 16.2. The highest BCUT2D eigenvalue weighted by Crippen LogP contribution is 2.16. The van der Waals surface area contributed by atoms with Gasteiger partial charge in [0.2, 0.25) is 0 Å². The lowest BCUT2D eigenvalue weighted by atomic mass is 10.1. The van der Waals surface area contributed by atoms with Crippen molar-refractivity contribution in [3.8, 4) is 0 Å². The smallest absolute Gasteiger partial charge is 0.153 e. The van der Waals surface area contributed by atoms with Gasteiger partial charge < -0.3 is 4.74 Å². The Kier molecular flexibility index (Phi) is 6.06. The first-order valence-electron chi connectivity index (χ1n) is 8.73. The van der Waals surface area contributed by atoms with E-state index in [1.54, 1.807) is 7.11 Å². The molecular formula is C19H24ClN5O. The third-order valence-corrected chi connectivity index (χ3v) is 4.66. The standard InChI is InChI=1S/C19H24ClN5O/c1-13-17(14(2)23-22-13)7-8-19-21-18(9-10-26-3)24-25(19)12-15-5-4-6-16(20)11-15/h4-6,11H,7-10,12H2,1-3H3,(H,22,23). The third-order valence-electron chi connectivity index (χ3n) is 4.42. The number of aromatic nitrogens is 5. The molecule has 0 saturated heterocycles. The van der Waals surface area contributed by atoms with E-state index in [9.17, 15) is 0 Å². The molecule has 0 bridgehead atoms. The molecule has 26 heavy (non-hydrogen) atoms. The fourth-order valence-electron chi connectivity index (χ4n) is 3.02. The molecule has 0 aliphatic carbocycles. The van der Waals surface area contributed by atoms with Gasteiger partial charge in [0.25, 0.3) is 0 Å². The number of halogens is 1. The van der Waals surface area contributed by atoms with Crippen LogP contribution in [-0.4, -0.2) is 38.7 Å². The largest absolute Gasteiger partial charge is 0.384 e. The van der Waals surface area contributed by atoms with E-state index in [1.165, 1.54) is 5.56 Å². The van der Waals surface area contributed by atoms with Gasteiger partial charge in [-0.1, -0.05) is 23.7 Å². The van der Waals surface area contributed by atoms with Crippen LogP contribution in [0.1, 0.15) is 34.2 Å². The van der Waals surface area contributed by atoms with E-state index in [4.69, 9.17) is 21.3 Å². The molecule has 0 saturated carbocycles. The van der Waals surface area contributed by atoms with Crippen LogP contribution in [0.25, 0.3) is 0 Å². The van der Waals surface area contributed by atoms with Gasteiger partial charge in [0, 0.05) is 30.7 Å². The number of benzene rings is 1. The zero-order chi connectivity index (χ0) is 18.5. The van der Waals surface area contributed by atoms with E-state index in [2.05, 4.69) is 28.3 Å². The number of methoxy groups -OCH3 is 1. The molecule has 0 aliphatic rings. The number of H-pyrrole nitrogens is 1. The second-order valence-corrected chi connectivity index (χ2v) is 6.82. The minimum Gasteiger partial charge on any atom is -0.384 e. The number of aromatic amines is 1. The lowest BCUT2D eigenvalue weighted by Crippen LogP contribution is -2.09. The topological polar surface area (TPSA) is 68.6 Å². The molecule has 2 aromatic heterocycles. The first-order valence-corrected chi connectivity index (χ1v) is 9.11. The second-order valence-electron chi connectivity index (χ2n) is 6.39. The van der Waals surface area contributed by atoms with Crippen LogP contribution in [-0.2, 0) is 30.5 Å². The molecular weight excluding hydrogens is 350 g/mol. The van der Waals surface area contributed by atoms with E-state index < -0.39 is 0 Å². The second kappa shape index (κ2) is 8.47. The summed E-state index contributed by atoms with van der Waals surface area (Å²) in [6, 6.07) is 7.85. The van der Waals surface area contributed by atoms with Crippen LogP contribution in [0.2, 0.25) is 5.02 Å². The minimum atomic E-state index is 0.612. The van der Waals surface area contributed by atoms with Gasteiger partial charge in [-0.3, -0.25) is 5.10 Å². The molecule has 0 radical (unpaired) electrons. The van der Waals surface area contributed by atoms with E-state index in [0.717, 1.165) is 46.5 Å². The molecule has 1 N–H and O–H groups in total. The number of hydrogen-bond acceptors (Lipinski definition) is 4. The van der Waals surface area contributed by atoms with E-state index in [-0.39, 0.29) is 0 Å². The molecule has 0 fully saturated rings. The van der Waals surface area contributed by atoms with Crippen LogP contribution >= 0.6 is 11.6 Å². The molecule has 7 heteroatoms. The van der Waals surface area contributed by atoms with Crippen LogP contribution < -0.4 is 0 Å². The van der Waals surface area contributed by atoms with Crippen molar-refractivity contribution < 1.29 is 4.74 Å². The molecule has 1 aromatic carbocycles. The summed E-state index contributed by atoms with van der Waals surface area (Å²) in [7, 11) is 1.69. The van der Waals surface area contributed by atoms with E-state index in [0.29, 0.717) is 19.6 Å². The Morgan fingerprint density at radius 3 is 2.73 bits per heavy atom. The molecule has 3 rings (SSSR count). The molecule has 0 aliphatic heterocycles. The van der Waals surface area contributed by atoms with Crippen molar-refractivity contribution in [2.75, 3.05) is 13.7 Å². The number of aryl methyl sites for hydroxylation is 3. The first kappa shape index (κ1) is 18.6. The van der Waals surface area contributed by atoms with Gasteiger partial charge >= 0.3 is 0 Å². The Bertz CT molecular complexity index is 851. The van der Waals surface area contributed by atoms with Crippen molar-refractivity contribution in [2.45, 2.75) is 39.7 Å². The summed E-state index contributed by atoms with van der Waals surface area (Å²) in [5, 5.41) is 12.7. The highest BCUT2D eigenvalue weighted by Gasteiger charge is 2.13. The van der Waals surface area contributed by atoms with Crippen LogP contribution in [0.4, 0.5) is 0 Å². The molecule has 0 unspecified atom stereocenters. The lowest BCUT2D eigenvalue weighted by molar-refractivity contribution is 0.200. The fraction of sp³-hybridized carbons (Fsp3) is 0.421. The summed E-state index contributed by atoms with van der Waals surface area (Å²) in [4.78, 5) is 4.73. The van der Waals surface area contributed by atoms with Crippen molar-refractivity contribution in [1.82, 2.24) is 25.0 Å². The summed E-state index contributed by atoms with van der Waals surface area (Å²) in [6.07, 6.45) is 2.39. The maximum atomic E-state index is 6.12. The molecule has 6 nitrogen and oxygen atoms in total. The highest BCUT2D eigenvalue weighted by atomic mass is 35.5. The number of ether oxygens (including phenoxy) is 1. The molecule has 2 heterocycles. The number of nitrogens with zero attached hydrogens (tertiary/aromatic N) is 4. The highest BCUT2D eigenvalue weighted by molar-refractivity contribution is 6.30.